The first kappa shape index (κ1) is 22.4. The summed E-state index contributed by atoms with van der Waals surface area (Å²) >= 11 is 0. The van der Waals surface area contributed by atoms with Crippen molar-refractivity contribution in [3.8, 4) is 0 Å². The molecule has 2 aromatic rings. The van der Waals surface area contributed by atoms with E-state index in [0.717, 1.165) is 25.3 Å². The Morgan fingerprint density at radius 2 is 1.78 bits per heavy atom. The number of likely N-dealkylation sites (N-methyl/N-ethyl adjacent to an activating group) is 1. The lowest BCUT2D eigenvalue weighted by molar-refractivity contribution is -0.132. The van der Waals surface area contributed by atoms with Crippen LogP contribution in [-0.2, 0) is 17.8 Å². The summed E-state index contributed by atoms with van der Waals surface area (Å²) in [5.41, 5.74) is 3.21. The van der Waals surface area contributed by atoms with Crippen LogP contribution in [0.1, 0.15) is 42.5 Å². The summed E-state index contributed by atoms with van der Waals surface area (Å²) in [7, 11) is 0. The highest BCUT2D eigenvalue weighted by molar-refractivity contribution is 5.95. The number of amides is 2. The standard InChI is InChI=1S/C25H34N4O3/c1-4-27(5-2)24(30)18-26-11-13-28(14-12-26)25(31)21-10-15-32-23(21)17-29-19(3)16-20-8-6-7-9-22(20)29/h6-10,15,19H,4-5,11-14,16-18H2,1-3H3. The number of furan rings is 1. The van der Waals surface area contributed by atoms with Crippen molar-refractivity contribution in [1.82, 2.24) is 14.7 Å². The molecule has 2 aliphatic heterocycles. The summed E-state index contributed by atoms with van der Waals surface area (Å²) < 4.78 is 5.78. The lowest BCUT2D eigenvalue weighted by Gasteiger charge is -2.35. The van der Waals surface area contributed by atoms with Crippen LogP contribution in [0.3, 0.4) is 0 Å². The molecule has 0 N–H and O–H groups in total. The van der Waals surface area contributed by atoms with Crippen LogP contribution in [-0.4, -0.2) is 78.4 Å². The van der Waals surface area contributed by atoms with E-state index >= 15 is 0 Å². The van der Waals surface area contributed by atoms with Gasteiger partial charge in [-0.05, 0) is 44.9 Å². The van der Waals surface area contributed by atoms with Gasteiger partial charge >= 0.3 is 0 Å². The summed E-state index contributed by atoms with van der Waals surface area (Å²) in [6, 6.07) is 10.6. The van der Waals surface area contributed by atoms with Crippen molar-refractivity contribution in [2.75, 3.05) is 50.7 Å². The fourth-order valence-electron chi connectivity index (χ4n) is 4.83. The van der Waals surface area contributed by atoms with Crippen LogP contribution in [0.25, 0.3) is 0 Å². The zero-order valence-electron chi connectivity index (χ0n) is 19.4. The largest absolute Gasteiger partial charge is 0.467 e. The first-order valence-electron chi connectivity index (χ1n) is 11.7. The van der Waals surface area contributed by atoms with Crippen LogP contribution in [0, 0.1) is 0 Å². The number of benzene rings is 1. The van der Waals surface area contributed by atoms with E-state index in [4.69, 9.17) is 4.42 Å². The maximum atomic E-state index is 13.3. The Bertz CT molecular complexity index is 944. The van der Waals surface area contributed by atoms with Gasteiger partial charge in [0, 0.05) is 51.0 Å². The average molecular weight is 439 g/mol. The molecule has 2 aliphatic rings. The van der Waals surface area contributed by atoms with E-state index in [-0.39, 0.29) is 11.8 Å². The second-order valence-corrected chi connectivity index (χ2v) is 8.70. The Morgan fingerprint density at radius 1 is 1.06 bits per heavy atom. The van der Waals surface area contributed by atoms with Crippen LogP contribution >= 0.6 is 0 Å². The number of hydrogen-bond donors (Lipinski definition) is 0. The van der Waals surface area contributed by atoms with E-state index < -0.39 is 0 Å². The van der Waals surface area contributed by atoms with Gasteiger partial charge in [0.15, 0.2) is 0 Å². The number of nitrogens with zero attached hydrogens (tertiary/aromatic N) is 4. The molecule has 32 heavy (non-hydrogen) atoms. The number of hydrogen-bond acceptors (Lipinski definition) is 5. The van der Waals surface area contributed by atoms with Crippen molar-refractivity contribution in [1.29, 1.82) is 0 Å². The minimum Gasteiger partial charge on any atom is -0.467 e. The number of fused-ring (bicyclic) bond motifs is 1. The molecule has 1 fully saturated rings. The molecular formula is C25H34N4O3. The Morgan fingerprint density at radius 3 is 2.50 bits per heavy atom. The van der Waals surface area contributed by atoms with Crippen molar-refractivity contribution < 1.29 is 14.0 Å². The van der Waals surface area contributed by atoms with Gasteiger partial charge in [0.05, 0.1) is 24.9 Å². The van der Waals surface area contributed by atoms with Gasteiger partial charge in [-0.2, -0.15) is 0 Å². The minimum atomic E-state index is 0.0172. The third kappa shape index (κ3) is 4.53. The number of rotatable bonds is 7. The molecular weight excluding hydrogens is 404 g/mol. The fourth-order valence-corrected chi connectivity index (χ4v) is 4.83. The maximum absolute atomic E-state index is 13.3. The van der Waals surface area contributed by atoms with E-state index in [9.17, 15) is 9.59 Å². The second kappa shape index (κ2) is 9.77. The fraction of sp³-hybridized carbons (Fsp3) is 0.520. The minimum absolute atomic E-state index is 0.0172. The lowest BCUT2D eigenvalue weighted by atomic mass is 10.1. The molecule has 0 bridgehead atoms. The van der Waals surface area contributed by atoms with E-state index in [0.29, 0.717) is 50.9 Å². The van der Waals surface area contributed by atoms with Crippen LogP contribution in [0.15, 0.2) is 41.0 Å². The molecule has 3 heterocycles. The smallest absolute Gasteiger partial charge is 0.257 e. The normalized spacial score (nSPS) is 18.7. The summed E-state index contributed by atoms with van der Waals surface area (Å²) in [5, 5.41) is 0. The van der Waals surface area contributed by atoms with Crippen molar-refractivity contribution in [2.24, 2.45) is 0 Å². The van der Waals surface area contributed by atoms with Gasteiger partial charge in [0.25, 0.3) is 5.91 Å². The molecule has 2 amide bonds. The highest BCUT2D eigenvalue weighted by atomic mass is 16.3. The first-order chi connectivity index (χ1) is 15.5. The summed E-state index contributed by atoms with van der Waals surface area (Å²) in [4.78, 5) is 33.9. The Kier molecular flexibility index (Phi) is 6.84. The van der Waals surface area contributed by atoms with Crippen molar-refractivity contribution in [2.45, 2.75) is 39.8 Å². The Labute approximate surface area is 190 Å². The molecule has 0 spiro atoms. The molecule has 0 saturated carbocycles. The molecule has 1 aromatic carbocycles. The number of carbonyl (C=O) groups excluding carboxylic acids is 2. The number of para-hydroxylation sites is 1. The molecule has 7 nitrogen and oxygen atoms in total. The van der Waals surface area contributed by atoms with Crippen molar-refractivity contribution in [3.05, 3.63) is 53.5 Å². The van der Waals surface area contributed by atoms with Crippen molar-refractivity contribution in [3.63, 3.8) is 0 Å². The predicted octanol–water partition coefficient (Wildman–Crippen LogP) is 2.86. The first-order valence-corrected chi connectivity index (χ1v) is 11.7. The Balaban J connectivity index is 1.37. The summed E-state index contributed by atoms with van der Waals surface area (Å²) in [5.74, 6) is 0.896. The van der Waals surface area contributed by atoms with E-state index in [1.807, 2.05) is 23.6 Å². The van der Waals surface area contributed by atoms with Gasteiger partial charge in [0.2, 0.25) is 5.91 Å². The third-order valence-corrected chi connectivity index (χ3v) is 6.77. The molecule has 0 radical (unpaired) electrons. The Hall–Kier alpha value is -2.80. The molecule has 172 valence electrons. The highest BCUT2D eigenvalue weighted by Gasteiger charge is 2.30. The van der Waals surface area contributed by atoms with Crippen molar-refractivity contribution >= 4 is 17.5 Å². The van der Waals surface area contributed by atoms with Gasteiger partial charge in [-0.15, -0.1) is 0 Å². The molecule has 1 aromatic heterocycles. The monoisotopic (exact) mass is 438 g/mol. The molecule has 0 aliphatic carbocycles. The molecule has 1 atom stereocenters. The van der Waals surface area contributed by atoms with Gasteiger partial charge in [-0.25, -0.2) is 0 Å². The van der Waals surface area contributed by atoms with Gasteiger partial charge < -0.3 is 19.1 Å². The van der Waals surface area contributed by atoms with Gasteiger partial charge in [-0.1, -0.05) is 18.2 Å². The van der Waals surface area contributed by atoms with E-state index in [1.165, 1.54) is 11.3 Å². The molecule has 4 rings (SSSR count). The summed E-state index contributed by atoms with van der Waals surface area (Å²) in [6.45, 7) is 11.4. The number of piperazine rings is 1. The highest BCUT2D eigenvalue weighted by Crippen LogP contribution is 2.33. The molecule has 1 unspecified atom stereocenters. The van der Waals surface area contributed by atoms with Gasteiger partial charge in [-0.3, -0.25) is 14.5 Å². The van der Waals surface area contributed by atoms with Crippen LogP contribution in [0.2, 0.25) is 0 Å². The van der Waals surface area contributed by atoms with Gasteiger partial charge in [0.1, 0.15) is 5.76 Å². The van der Waals surface area contributed by atoms with Crippen LogP contribution in [0.5, 0.6) is 0 Å². The van der Waals surface area contributed by atoms with E-state index in [2.05, 4.69) is 41.0 Å². The quantitative estimate of drug-likeness (QED) is 0.665. The van der Waals surface area contributed by atoms with E-state index in [1.54, 1.807) is 12.3 Å². The molecule has 7 heteroatoms. The average Bonchev–Trinajstić information content (AvgIpc) is 3.39. The predicted molar refractivity (Wildman–Crippen MR) is 125 cm³/mol. The third-order valence-electron chi connectivity index (χ3n) is 6.77. The zero-order valence-corrected chi connectivity index (χ0v) is 19.4. The second-order valence-electron chi connectivity index (χ2n) is 8.70. The van der Waals surface area contributed by atoms with Crippen LogP contribution in [0.4, 0.5) is 5.69 Å². The topological polar surface area (TPSA) is 60.2 Å². The molecule has 1 saturated heterocycles. The number of anilines is 1. The maximum Gasteiger partial charge on any atom is 0.257 e. The SMILES string of the molecule is CCN(CC)C(=O)CN1CCN(C(=O)c2ccoc2CN2c3ccccc3CC2C)CC1. The summed E-state index contributed by atoms with van der Waals surface area (Å²) in [6.07, 6.45) is 2.63. The van der Waals surface area contributed by atoms with Crippen LogP contribution < -0.4 is 4.90 Å². The lowest BCUT2D eigenvalue weighted by Crippen LogP contribution is -2.51. The zero-order chi connectivity index (χ0) is 22.7. The number of carbonyl (C=O) groups is 2.